The molecule has 0 spiro atoms. The zero-order valence-corrected chi connectivity index (χ0v) is 12.3. The van der Waals surface area contributed by atoms with Crippen LogP contribution in [0.3, 0.4) is 0 Å². The highest BCUT2D eigenvalue weighted by molar-refractivity contribution is 5.77. The summed E-state index contributed by atoms with van der Waals surface area (Å²) in [6.45, 7) is 3.62. The lowest BCUT2D eigenvalue weighted by atomic mass is 10.1. The normalized spacial score (nSPS) is 15.7. The van der Waals surface area contributed by atoms with Gasteiger partial charge in [0.15, 0.2) is 0 Å². The average molecular weight is 295 g/mol. The first-order valence-corrected chi connectivity index (χ1v) is 7.21. The predicted octanol–water partition coefficient (Wildman–Crippen LogP) is 0.888. The van der Waals surface area contributed by atoms with Crippen molar-refractivity contribution in [1.82, 2.24) is 10.6 Å². The predicted molar refractivity (Wildman–Crippen MR) is 79.8 cm³/mol. The molecule has 1 heterocycles. The highest BCUT2D eigenvalue weighted by Crippen LogP contribution is 2.25. The molecule has 6 heteroatoms. The third kappa shape index (κ3) is 4.41. The van der Waals surface area contributed by atoms with Crippen molar-refractivity contribution in [3.8, 4) is 0 Å². The number of anilines is 1. The van der Waals surface area contributed by atoms with E-state index >= 15 is 0 Å². The summed E-state index contributed by atoms with van der Waals surface area (Å²) in [7, 11) is 1.65. The molecule has 1 aromatic rings. The molecule has 1 saturated heterocycles. The SMILES string of the molecule is COCCNCc1cccc(F)c1N1CCNC(=O)CC1. The largest absolute Gasteiger partial charge is 0.383 e. The van der Waals surface area contributed by atoms with Crippen molar-refractivity contribution in [3.05, 3.63) is 29.6 Å². The number of carbonyl (C=O) groups excluding carboxylic acids is 1. The summed E-state index contributed by atoms with van der Waals surface area (Å²) in [5.74, 6) is -0.219. The van der Waals surface area contributed by atoms with Crippen LogP contribution in [0.1, 0.15) is 12.0 Å². The van der Waals surface area contributed by atoms with E-state index in [4.69, 9.17) is 4.74 Å². The first kappa shape index (κ1) is 15.7. The van der Waals surface area contributed by atoms with Gasteiger partial charge in [-0.2, -0.15) is 0 Å². The topological polar surface area (TPSA) is 53.6 Å². The molecule has 0 bridgehead atoms. The number of carbonyl (C=O) groups is 1. The fourth-order valence-corrected chi connectivity index (χ4v) is 2.44. The summed E-state index contributed by atoms with van der Waals surface area (Å²) in [6.07, 6.45) is 0.394. The van der Waals surface area contributed by atoms with E-state index in [9.17, 15) is 9.18 Å². The van der Waals surface area contributed by atoms with Crippen molar-refractivity contribution in [3.63, 3.8) is 0 Å². The van der Waals surface area contributed by atoms with E-state index in [0.717, 1.165) is 5.56 Å². The number of methoxy groups -OCH3 is 1. The summed E-state index contributed by atoms with van der Waals surface area (Å²) < 4.78 is 19.2. The number of benzene rings is 1. The van der Waals surface area contributed by atoms with Gasteiger partial charge in [0.2, 0.25) is 5.91 Å². The molecule has 2 N–H and O–H groups in total. The van der Waals surface area contributed by atoms with Gasteiger partial charge in [0.1, 0.15) is 5.82 Å². The summed E-state index contributed by atoms with van der Waals surface area (Å²) in [6, 6.07) is 5.10. The highest BCUT2D eigenvalue weighted by atomic mass is 19.1. The molecule has 0 saturated carbocycles. The average Bonchev–Trinajstić information content (AvgIpc) is 2.68. The lowest BCUT2D eigenvalue weighted by Gasteiger charge is -2.25. The van der Waals surface area contributed by atoms with E-state index in [1.165, 1.54) is 6.07 Å². The quantitative estimate of drug-likeness (QED) is 0.765. The molecule has 1 aliphatic rings. The lowest BCUT2D eigenvalue weighted by Crippen LogP contribution is -2.30. The Morgan fingerprint density at radius 1 is 1.43 bits per heavy atom. The second-order valence-electron chi connectivity index (χ2n) is 5.00. The minimum Gasteiger partial charge on any atom is -0.383 e. The number of amides is 1. The molecule has 0 unspecified atom stereocenters. The second-order valence-corrected chi connectivity index (χ2v) is 5.00. The van der Waals surface area contributed by atoms with Gasteiger partial charge in [-0.15, -0.1) is 0 Å². The van der Waals surface area contributed by atoms with Crippen molar-refractivity contribution < 1.29 is 13.9 Å². The smallest absolute Gasteiger partial charge is 0.221 e. The molecule has 116 valence electrons. The van der Waals surface area contributed by atoms with Crippen molar-refractivity contribution in [2.45, 2.75) is 13.0 Å². The molecule has 1 amide bonds. The molecular formula is C15H22FN3O2. The Bertz CT molecular complexity index is 482. The molecule has 1 fully saturated rings. The van der Waals surface area contributed by atoms with E-state index in [2.05, 4.69) is 10.6 Å². The maximum absolute atomic E-state index is 14.2. The third-order valence-corrected chi connectivity index (χ3v) is 3.50. The summed E-state index contributed by atoms with van der Waals surface area (Å²) >= 11 is 0. The van der Waals surface area contributed by atoms with Crippen molar-refractivity contribution in [2.75, 3.05) is 44.8 Å². The number of rotatable bonds is 6. The first-order chi connectivity index (χ1) is 10.2. The fourth-order valence-electron chi connectivity index (χ4n) is 2.44. The Hall–Kier alpha value is -1.66. The molecule has 5 nitrogen and oxygen atoms in total. The Balaban J connectivity index is 2.10. The van der Waals surface area contributed by atoms with Gasteiger partial charge in [0, 0.05) is 46.3 Å². The van der Waals surface area contributed by atoms with Crippen molar-refractivity contribution in [1.29, 1.82) is 0 Å². The first-order valence-electron chi connectivity index (χ1n) is 7.21. The number of nitrogens with zero attached hydrogens (tertiary/aromatic N) is 1. The number of ether oxygens (including phenoxy) is 1. The van der Waals surface area contributed by atoms with Gasteiger partial charge in [-0.1, -0.05) is 12.1 Å². The molecule has 0 atom stereocenters. The van der Waals surface area contributed by atoms with Crippen LogP contribution in [0, 0.1) is 5.82 Å². The van der Waals surface area contributed by atoms with Crippen LogP contribution in [0.2, 0.25) is 0 Å². The van der Waals surface area contributed by atoms with Crippen LogP contribution in [0.15, 0.2) is 18.2 Å². The van der Waals surface area contributed by atoms with Crippen LogP contribution < -0.4 is 15.5 Å². The van der Waals surface area contributed by atoms with Crippen LogP contribution in [-0.2, 0) is 16.1 Å². The van der Waals surface area contributed by atoms with Crippen LogP contribution in [0.25, 0.3) is 0 Å². The summed E-state index contributed by atoms with van der Waals surface area (Å²) in [5.41, 5.74) is 1.50. The van der Waals surface area contributed by atoms with E-state index in [-0.39, 0.29) is 11.7 Å². The molecule has 0 radical (unpaired) electrons. The lowest BCUT2D eigenvalue weighted by molar-refractivity contribution is -0.120. The molecule has 2 rings (SSSR count). The van der Waals surface area contributed by atoms with Crippen LogP contribution in [-0.4, -0.2) is 45.8 Å². The number of para-hydroxylation sites is 1. The van der Waals surface area contributed by atoms with Crippen molar-refractivity contribution in [2.24, 2.45) is 0 Å². The molecular weight excluding hydrogens is 273 g/mol. The van der Waals surface area contributed by atoms with Gasteiger partial charge < -0.3 is 20.3 Å². The minimum atomic E-state index is -0.240. The second kappa shape index (κ2) is 7.95. The van der Waals surface area contributed by atoms with E-state index in [1.54, 1.807) is 13.2 Å². The van der Waals surface area contributed by atoms with Crippen LogP contribution in [0.4, 0.5) is 10.1 Å². The number of hydrogen-bond acceptors (Lipinski definition) is 4. The van der Waals surface area contributed by atoms with Gasteiger partial charge in [-0.25, -0.2) is 4.39 Å². The van der Waals surface area contributed by atoms with Crippen LogP contribution >= 0.6 is 0 Å². The zero-order valence-electron chi connectivity index (χ0n) is 12.3. The van der Waals surface area contributed by atoms with Gasteiger partial charge in [0.25, 0.3) is 0 Å². The summed E-state index contributed by atoms with van der Waals surface area (Å²) in [5, 5.41) is 6.04. The minimum absolute atomic E-state index is 0.0219. The molecule has 0 aliphatic carbocycles. The molecule has 1 aromatic carbocycles. The summed E-state index contributed by atoms with van der Waals surface area (Å²) in [4.78, 5) is 13.4. The maximum Gasteiger partial charge on any atom is 0.221 e. The highest BCUT2D eigenvalue weighted by Gasteiger charge is 2.19. The Morgan fingerprint density at radius 2 is 2.29 bits per heavy atom. The Labute approximate surface area is 124 Å². The number of halogens is 1. The molecule has 21 heavy (non-hydrogen) atoms. The number of hydrogen-bond donors (Lipinski definition) is 2. The Kier molecular flexibility index (Phi) is 5.95. The van der Waals surface area contributed by atoms with Gasteiger partial charge in [-0.05, 0) is 11.6 Å². The van der Waals surface area contributed by atoms with Gasteiger partial charge in [-0.3, -0.25) is 4.79 Å². The Morgan fingerprint density at radius 3 is 3.10 bits per heavy atom. The van der Waals surface area contributed by atoms with Gasteiger partial charge in [0.05, 0.1) is 12.3 Å². The third-order valence-electron chi connectivity index (χ3n) is 3.50. The molecule has 0 aromatic heterocycles. The van der Waals surface area contributed by atoms with Crippen LogP contribution in [0.5, 0.6) is 0 Å². The van der Waals surface area contributed by atoms with Crippen molar-refractivity contribution >= 4 is 11.6 Å². The number of nitrogens with one attached hydrogen (secondary N) is 2. The fraction of sp³-hybridized carbons (Fsp3) is 0.533. The van der Waals surface area contributed by atoms with E-state index in [0.29, 0.717) is 51.4 Å². The standard InChI is InChI=1S/C15H22FN3O2/c1-21-10-7-17-11-12-3-2-4-13(16)15(12)19-8-5-14(20)18-6-9-19/h2-4,17H,5-11H2,1H3,(H,18,20). The zero-order chi connectivity index (χ0) is 15.1. The monoisotopic (exact) mass is 295 g/mol. The maximum atomic E-state index is 14.2. The van der Waals surface area contributed by atoms with E-state index < -0.39 is 0 Å². The van der Waals surface area contributed by atoms with E-state index in [1.807, 2.05) is 11.0 Å². The molecule has 1 aliphatic heterocycles. The van der Waals surface area contributed by atoms with Gasteiger partial charge >= 0.3 is 0 Å².